The van der Waals surface area contributed by atoms with E-state index in [1.54, 1.807) is 18.2 Å². The second kappa shape index (κ2) is 5.76. The molecule has 0 saturated carbocycles. The number of ether oxygens (including phenoxy) is 2. The maximum atomic E-state index is 11.7. The predicted octanol–water partition coefficient (Wildman–Crippen LogP) is 4.44. The van der Waals surface area contributed by atoms with Crippen molar-refractivity contribution < 1.29 is 19.4 Å². The first-order valence-corrected chi connectivity index (χ1v) is 7.60. The number of carbonyl (C=O) groups is 1. The van der Waals surface area contributed by atoms with Gasteiger partial charge in [0.05, 0.1) is 0 Å². The highest BCUT2D eigenvalue weighted by Crippen LogP contribution is 2.50. The quantitative estimate of drug-likeness (QED) is 0.885. The molecule has 4 nitrogen and oxygen atoms in total. The number of carboxylic acid groups (broad SMARTS) is 1. The van der Waals surface area contributed by atoms with Crippen LogP contribution in [-0.2, 0) is 14.3 Å². The van der Waals surface area contributed by atoms with Gasteiger partial charge in [0, 0.05) is 15.6 Å². The summed E-state index contributed by atoms with van der Waals surface area (Å²) in [6.07, 6.45) is 0.307. The summed E-state index contributed by atoms with van der Waals surface area (Å²) in [5.41, 5.74) is -0.932. The Hall–Kier alpha value is -0.810. The van der Waals surface area contributed by atoms with Crippen molar-refractivity contribution in [3.63, 3.8) is 0 Å². The zero-order valence-corrected chi connectivity index (χ0v) is 13.7. The maximum absolute atomic E-state index is 11.7. The molecule has 0 radical (unpaired) electrons. The van der Waals surface area contributed by atoms with Gasteiger partial charge in [0.1, 0.15) is 6.10 Å². The van der Waals surface area contributed by atoms with Crippen molar-refractivity contribution in [2.45, 2.75) is 51.1 Å². The molecule has 1 N–H and O–H groups in total. The van der Waals surface area contributed by atoms with Crippen LogP contribution in [0.1, 0.15) is 45.3 Å². The second-order valence-electron chi connectivity index (χ2n) is 5.30. The summed E-state index contributed by atoms with van der Waals surface area (Å²) < 4.78 is 11.8. The number of hydrogen-bond acceptors (Lipinski definition) is 3. The van der Waals surface area contributed by atoms with E-state index in [9.17, 15) is 9.90 Å². The van der Waals surface area contributed by atoms with E-state index in [4.69, 9.17) is 32.7 Å². The van der Waals surface area contributed by atoms with E-state index in [2.05, 4.69) is 0 Å². The Labute approximate surface area is 133 Å². The first kappa shape index (κ1) is 16.6. The zero-order valence-electron chi connectivity index (χ0n) is 12.2. The minimum atomic E-state index is -1.50. The Morgan fingerprint density at radius 1 is 1.33 bits per heavy atom. The van der Waals surface area contributed by atoms with Crippen LogP contribution in [-0.4, -0.2) is 22.5 Å². The molecule has 1 saturated heterocycles. The Morgan fingerprint density at radius 3 is 2.43 bits per heavy atom. The van der Waals surface area contributed by atoms with E-state index in [1.165, 1.54) is 6.92 Å². The number of benzene rings is 1. The van der Waals surface area contributed by atoms with Crippen LogP contribution in [0.15, 0.2) is 18.2 Å². The Balaban J connectivity index is 2.51. The highest BCUT2D eigenvalue weighted by molar-refractivity contribution is 6.35. The topological polar surface area (TPSA) is 55.8 Å². The lowest BCUT2D eigenvalue weighted by Crippen LogP contribution is -2.42. The molecule has 1 aliphatic heterocycles. The smallest absolute Gasteiger partial charge is 0.338 e. The number of rotatable bonds is 4. The van der Waals surface area contributed by atoms with Crippen molar-refractivity contribution >= 4 is 29.2 Å². The fourth-order valence-electron chi connectivity index (χ4n) is 2.58. The van der Waals surface area contributed by atoms with Gasteiger partial charge in [-0.3, -0.25) is 0 Å². The molecular formula is C15H18Cl2O4. The summed E-state index contributed by atoms with van der Waals surface area (Å²) in [7, 11) is 0. The van der Waals surface area contributed by atoms with E-state index in [-0.39, 0.29) is 0 Å². The minimum absolute atomic E-state index is 0.367. The van der Waals surface area contributed by atoms with Crippen molar-refractivity contribution in [2.75, 3.05) is 0 Å². The maximum Gasteiger partial charge on any atom is 0.338 e. The first-order chi connectivity index (χ1) is 9.78. The molecule has 1 aromatic rings. The van der Waals surface area contributed by atoms with Crippen molar-refractivity contribution in [3.8, 4) is 0 Å². The summed E-state index contributed by atoms with van der Waals surface area (Å²) in [4.78, 5) is 11.7. The zero-order chi connectivity index (χ0) is 15.8. The molecule has 116 valence electrons. The summed E-state index contributed by atoms with van der Waals surface area (Å²) in [5.74, 6) is -2.00. The minimum Gasteiger partial charge on any atom is -0.479 e. The molecule has 21 heavy (non-hydrogen) atoms. The van der Waals surface area contributed by atoms with Crippen LogP contribution >= 0.6 is 23.2 Å². The number of hydrogen-bond donors (Lipinski definition) is 1. The van der Waals surface area contributed by atoms with E-state index < -0.39 is 23.5 Å². The molecule has 6 heteroatoms. The Morgan fingerprint density at radius 2 is 1.95 bits per heavy atom. The van der Waals surface area contributed by atoms with Gasteiger partial charge in [-0.2, -0.15) is 0 Å². The second-order valence-corrected chi connectivity index (χ2v) is 6.14. The van der Waals surface area contributed by atoms with Gasteiger partial charge in [-0.25, -0.2) is 4.79 Å². The van der Waals surface area contributed by atoms with Crippen molar-refractivity contribution in [1.29, 1.82) is 0 Å². The van der Waals surface area contributed by atoms with Crippen LogP contribution in [0.4, 0.5) is 0 Å². The Bertz CT molecular complexity index is 557. The summed E-state index contributed by atoms with van der Waals surface area (Å²) in [6.45, 7) is 5.31. The molecule has 2 rings (SSSR count). The number of aliphatic carboxylic acids is 1. The average Bonchev–Trinajstić information content (AvgIpc) is 2.74. The number of halogens is 2. The van der Waals surface area contributed by atoms with Crippen molar-refractivity contribution in [3.05, 3.63) is 33.8 Å². The monoisotopic (exact) mass is 332 g/mol. The van der Waals surface area contributed by atoms with Crippen LogP contribution in [0.5, 0.6) is 0 Å². The Kier molecular flexibility index (Phi) is 4.54. The molecular weight excluding hydrogens is 315 g/mol. The third kappa shape index (κ3) is 2.78. The van der Waals surface area contributed by atoms with Crippen molar-refractivity contribution in [2.24, 2.45) is 0 Å². The standard InChI is InChI=1S/C15H18Cl2O4/c1-4-15(5-2)20-12(14(3,21-15)13(18)19)10-7-6-9(16)8-11(10)17/h6-8,12H,4-5H2,1-3H3,(H,18,19)/t12-,14+/m0/s1. The molecule has 1 aromatic carbocycles. The lowest BCUT2D eigenvalue weighted by molar-refractivity contribution is -0.200. The summed E-state index contributed by atoms with van der Waals surface area (Å²) >= 11 is 12.1. The molecule has 2 atom stereocenters. The van der Waals surface area contributed by atoms with Gasteiger partial charge in [0.15, 0.2) is 11.4 Å². The van der Waals surface area contributed by atoms with Gasteiger partial charge in [-0.1, -0.05) is 43.1 Å². The van der Waals surface area contributed by atoms with Gasteiger partial charge >= 0.3 is 5.97 Å². The van der Waals surface area contributed by atoms with Gasteiger partial charge in [-0.05, 0) is 31.9 Å². The first-order valence-electron chi connectivity index (χ1n) is 6.84. The molecule has 0 amide bonds. The molecule has 0 spiro atoms. The predicted molar refractivity (Wildman–Crippen MR) is 80.7 cm³/mol. The van der Waals surface area contributed by atoms with E-state index >= 15 is 0 Å². The van der Waals surface area contributed by atoms with Crippen LogP contribution in [0, 0.1) is 0 Å². The van der Waals surface area contributed by atoms with Crippen LogP contribution in [0.3, 0.4) is 0 Å². The highest BCUT2D eigenvalue weighted by atomic mass is 35.5. The normalized spacial score (nSPS) is 27.8. The molecule has 0 unspecified atom stereocenters. The lowest BCUT2D eigenvalue weighted by Gasteiger charge is -2.26. The van der Waals surface area contributed by atoms with Crippen LogP contribution in [0.2, 0.25) is 10.0 Å². The number of carboxylic acids is 1. The lowest BCUT2D eigenvalue weighted by atomic mass is 9.93. The van der Waals surface area contributed by atoms with Crippen molar-refractivity contribution in [1.82, 2.24) is 0 Å². The third-order valence-electron chi connectivity index (χ3n) is 3.98. The largest absolute Gasteiger partial charge is 0.479 e. The fraction of sp³-hybridized carbons (Fsp3) is 0.533. The molecule has 1 fully saturated rings. The SMILES string of the molecule is CCC1(CC)O[C@@H](c2ccc(Cl)cc2Cl)[C@](C)(C(=O)O)O1. The summed E-state index contributed by atoms with van der Waals surface area (Å²) in [6, 6.07) is 4.91. The van der Waals surface area contributed by atoms with Gasteiger partial charge in [-0.15, -0.1) is 0 Å². The van der Waals surface area contributed by atoms with Crippen LogP contribution < -0.4 is 0 Å². The van der Waals surface area contributed by atoms with Gasteiger partial charge in [0.25, 0.3) is 0 Å². The van der Waals surface area contributed by atoms with Gasteiger partial charge < -0.3 is 14.6 Å². The molecule has 1 heterocycles. The third-order valence-corrected chi connectivity index (χ3v) is 4.54. The molecule has 0 bridgehead atoms. The highest BCUT2D eigenvalue weighted by Gasteiger charge is 2.58. The van der Waals surface area contributed by atoms with E-state index in [1.807, 2.05) is 13.8 Å². The van der Waals surface area contributed by atoms with Gasteiger partial charge in [0.2, 0.25) is 0 Å². The fourth-order valence-corrected chi connectivity index (χ4v) is 3.09. The van der Waals surface area contributed by atoms with E-state index in [0.29, 0.717) is 28.5 Å². The molecule has 0 aliphatic carbocycles. The molecule has 0 aromatic heterocycles. The molecule has 1 aliphatic rings. The average molecular weight is 333 g/mol. The van der Waals surface area contributed by atoms with Crippen LogP contribution in [0.25, 0.3) is 0 Å². The summed E-state index contributed by atoms with van der Waals surface area (Å²) in [5, 5.41) is 10.4. The van der Waals surface area contributed by atoms with E-state index in [0.717, 1.165) is 0 Å².